The molecule has 6 heteroatoms. The number of carboxylic acids is 1. The second-order valence-corrected chi connectivity index (χ2v) is 5.14. The highest BCUT2D eigenvalue weighted by molar-refractivity contribution is 5.67. The molecule has 1 aliphatic heterocycles. The van der Waals surface area contributed by atoms with Gasteiger partial charge in [0, 0.05) is 24.7 Å². The van der Waals surface area contributed by atoms with Crippen LogP contribution in [0.5, 0.6) is 0 Å². The van der Waals surface area contributed by atoms with E-state index in [-0.39, 0.29) is 18.2 Å². The molecule has 6 nitrogen and oxygen atoms in total. The first-order valence-corrected chi connectivity index (χ1v) is 6.75. The van der Waals surface area contributed by atoms with Crippen molar-refractivity contribution in [3.63, 3.8) is 0 Å². The second kappa shape index (κ2) is 6.47. The first-order valence-electron chi connectivity index (χ1n) is 6.75. The number of nitro groups is 1. The van der Waals surface area contributed by atoms with Crippen LogP contribution in [0, 0.1) is 10.1 Å². The number of rotatable bonds is 5. The van der Waals surface area contributed by atoms with Gasteiger partial charge in [0.2, 0.25) is 0 Å². The molecule has 1 N–H and O–H groups in total. The fourth-order valence-corrected chi connectivity index (χ4v) is 2.70. The van der Waals surface area contributed by atoms with E-state index in [2.05, 4.69) is 4.90 Å². The van der Waals surface area contributed by atoms with Crippen LogP contribution in [-0.2, 0) is 11.3 Å². The molecule has 1 saturated heterocycles. The van der Waals surface area contributed by atoms with Crippen LogP contribution in [0.4, 0.5) is 5.69 Å². The number of nitro benzene ring substituents is 1. The van der Waals surface area contributed by atoms with E-state index in [1.165, 1.54) is 6.07 Å². The Morgan fingerprint density at radius 3 is 2.95 bits per heavy atom. The molecule has 108 valence electrons. The average Bonchev–Trinajstić information content (AvgIpc) is 2.41. The van der Waals surface area contributed by atoms with Crippen LogP contribution in [0.15, 0.2) is 24.3 Å². The molecule has 1 aromatic carbocycles. The number of aliphatic carboxylic acids is 1. The summed E-state index contributed by atoms with van der Waals surface area (Å²) in [7, 11) is 0. The number of benzene rings is 1. The van der Waals surface area contributed by atoms with E-state index in [1.54, 1.807) is 12.1 Å². The second-order valence-electron chi connectivity index (χ2n) is 5.14. The Hall–Kier alpha value is -1.95. The number of hydrogen-bond donors (Lipinski definition) is 1. The van der Waals surface area contributed by atoms with Crippen molar-refractivity contribution in [1.29, 1.82) is 0 Å². The van der Waals surface area contributed by atoms with Crippen molar-refractivity contribution in [1.82, 2.24) is 4.90 Å². The van der Waals surface area contributed by atoms with Crippen molar-refractivity contribution in [2.45, 2.75) is 38.3 Å². The van der Waals surface area contributed by atoms with Gasteiger partial charge >= 0.3 is 5.97 Å². The van der Waals surface area contributed by atoms with E-state index >= 15 is 0 Å². The minimum atomic E-state index is -0.791. The lowest BCUT2D eigenvalue weighted by atomic mass is 9.98. The Bertz CT molecular complexity index is 504. The molecule has 20 heavy (non-hydrogen) atoms. The summed E-state index contributed by atoms with van der Waals surface area (Å²) in [6.45, 7) is 1.42. The van der Waals surface area contributed by atoms with Crippen LogP contribution in [0.3, 0.4) is 0 Å². The average molecular weight is 278 g/mol. The van der Waals surface area contributed by atoms with Gasteiger partial charge in [0.15, 0.2) is 0 Å². The normalized spacial score (nSPS) is 19.7. The summed E-state index contributed by atoms with van der Waals surface area (Å²) in [5, 5.41) is 19.7. The quantitative estimate of drug-likeness (QED) is 0.660. The third-order valence-electron chi connectivity index (χ3n) is 3.67. The molecule has 1 aliphatic rings. The van der Waals surface area contributed by atoms with Gasteiger partial charge in [-0.15, -0.1) is 0 Å². The fourth-order valence-electron chi connectivity index (χ4n) is 2.70. The van der Waals surface area contributed by atoms with Crippen molar-refractivity contribution in [3.05, 3.63) is 39.9 Å². The van der Waals surface area contributed by atoms with E-state index in [0.29, 0.717) is 6.54 Å². The van der Waals surface area contributed by atoms with E-state index in [4.69, 9.17) is 5.11 Å². The topological polar surface area (TPSA) is 83.7 Å². The molecule has 1 aromatic rings. The van der Waals surface area contributed by atoms with Crippen LogP contribution in [0.25, 0.3) is 0 Å². The molecule has 0 bridgehead atoms. The molecule has 2 rings (SSSR count). The summed E-state index contributed by atoms with van der Waals surface area (Å²) >= 11 is 0. The van der Waals surface area contributed by atoms with Gasteiger partial charge < -0.3 is 5.11 Å². The summed E-state index contributed by atoms with van der Waals surface area (Å²) in [6.07, 6.45) is 3.10. The highest BCUT2D eigenvalue weighted by Crippen LogP contribution is 2.23. The molecule has 1 atom stereocenters. The Morgan fingerprint density at radius 1 is 1.45 bits per heavy atom. The van der Waals surface area contributed by atoms with E-state index < -0.39 is 10.9 Å². The summed E-state index contributed by atoms with van der Waals surface area (Å²) in [5.41, 5.74) is 0.936. The third-order valence-corrected chi connectivity index (χ3v) is 3.67. The lowest BCUT2D eigenvalue weighted by Gasteiger charge is -2.34. The van der Waals surface area contributed by atoms with Gasteiger partial charge in [-0.3, -0.25) is 19.8 Å². The van der Waals surface area contributed by atoms with Gasteiger partial charge in [-0.1, -0.05) is 18.6 Å². The minimum absolute atomic E-state index is 0.0283. The summed E-state index contributed by atoms with van der Waals surface area (Å²) in [6, 6.07) is 6.57. The monoisotopic (exact) mass is 278 g/mol. The zero-order chi connectivity index (χ0) is 14.5. The van der Waals surface area contributed by atoms with Gasteiger partial charge in [-0.25, -0.2) is 0 Å². The molecule has 0 spiro atoms. The first kappa shape index (κ1) is 14.5. The van der Waals surface area contributed by atoms with Gasteiger partial charge in [-0.2, -0.15) is 0 Å². The molecule has 0 aliphatic carbocycles. The largest absolute Gasteiger partial charge is 0.481 e. The number of non-ortho nitro benzene ring substituents is 1. The van der Waals surface area contributed by atoms with Crippen LogP contribution in [0.2, 0.25) is 0 Å². The van der Waals surface area contributed by atoms with Gasteiger partial charge in [0.05, 0.1) is 11.3 Å². The molecule has 1 fully saturated rings. The van der Waals surface area contributed by atoms with Crippen molar-refractivity contribution in [2.24, 2.45) is 0 Å². The van der Waals surface area contributed by atoms with Crippen LogP contribution in [-0.4, -0.2) is 33.5 Å². The zero-order valence-corrected chi connectivity index (χ0v) is 11.2. The van der Waals surface area contributed by atoms with Crippen LogP contribution in [0.1, 0.15) is 31.2 Å². The smallest absolute Gasteiger partial charge is 0.304 e. The third kappa shape index (κ3) is 3.77. The van der Waals surface area contributed by atoms with Crippen molar-refractivity contribution in [2.75, 3.05) is 6.54 Å². The van der Waals surface area contributed by atoms with Crippen LogP contribution >= 0.6 is 0 Å². The number of likely N-dealkylation sites (tertiary alicyclic amines) is 1. The highest BCUT2D eigenvalue weighted by atomic mass is 16.6. The molecule has 0 saturated carbocycles. The number of nitrogens with zero attached hydrogens (tertiary/aromatic N) is 2. The molecule has 0 amide bonds. The van der Waals surface area contributed by atoms with Crippen LogP contribution < -0.4 is 0 Å². The van der Waals surface area contributed by atoms with E-state index in [0.717, 1.165) is 31.4 Å². The van der Waals surface area contributed by atoms with E-state index in [1.807, 2.05) is 6.07 Å². The molecular weight excluding hydrogens is 260 g/mol. The van der Waals surface area contributed by atoms with Crippen molar-refractivity contribution in [3.8, 4) is 0 Å². The maximum absolute atomic E-state index is 10.9. The predicted molar refractivity (Wildman–Crippen MR) is 73.4 cm³/mol. The lowest BCUT2D eigenvalue weighted by molar-refractivity contribution is -0.384. The molecule has 1 unspecified atom stereocenters. The minimum Gasteiger partial charge on any atom is -0.481 e. The highest BCUT2D eigenvalue weighted by Gasteiger charge is 2.24. The summed E-state index contributed by atoms with van der Waals surface area (Å²) in [5.74, 6) is -0.791. The summed E-state index contributed by atoms with van der Waals surface area (Å²) in [4.78, 5) is 23.4. The Balaban J connectivity index is 2.08. The molecule has 1 heterocycles. The number of hydrogen-bond acceptors (Lipinski definition) is 4. The van der Waals surface area contributed by atoms with Gasteiger partial charge in [0.1, 0.15) is 0 Å². The van der Waals surface area contributed by atoms with E-state index in [9.17, 15) is 14.9 Å². The zero-order valence-electron chi connectivity index (χ0n) is 11.2. The molecule has 0 radical (unpaired) electrons. The number of piperidine rings is 1. The van der Waals surface area contributed by atoms with Gasteiger partial charge in [0.25, 0.3) is 5.69 Å². The molecular formula is C14H18N2O4. The Labute approximate surface area is 117 Å². The van der Waals surface area contributed by atoms with Crippen molar-refractivity contribution >= 4 is 11.7 Å². The maximum atomic E-state index is 10.9. The Morgan fingerprint density at radius 2 is 2.25 bits per heavy atom. The Kier molecular flexibility index (Phi) is 4.68. The summed E-state index contributed by atoms with van der Waals surface area (Å²) < 4.78 is 0. The van der Waals surface area contributed by atoms with Crippen molar-refractivity contribution < 1.29 is 14.8 Å². The fraction of sp³-hybridized carbons (Fsp3) is 0.500. The molecule has 0 aromatic heterocycles. The van der Waals surface area contributed by atoms with Gasteiger partial charge in [-0.05, 0) is 24.9 Å². The SMILES string of the molecule is O=C(O)CC1CCCCN1Cc1cccc([N+](=O)[O-])c1. The maximum Gasteiger partial charge on any atom is 0.304 e. The standard InChI is InChI=1S/C14H18N2O4/c17-14(18)9-12-5-1-2-7-15(12)10-11-4-3-6-13(8-11)16(19)20/h3-4,6,8,12H,1-2,5,7,9-10H2,(H,17,18). The number of carbonyl (C=O) groups is 1. The number of carboxylic acid groups (broad SMARTS) is 1. The first-order chi connectivity index (χ1) is 9.56. The lowest BCUT2D eigenvalue weighted by Crippen LogP contribution is -2.40. The predicted octanol–water partition coefficient (Wildman–Crippen LogP) is 2.42.